The van der Waals surface area contributed by atoms with Crippen LogP contribution in [0.3, 0.4) is 0 Å². The molecular weight excluding hydrogens is 307 g/mol. The minimum Gasteiger partial charge on any atom is -0.381 e. The molecule has 0 N–H and O–H groups in total. The molecule has 22 heavy (non-hydrogen) atoms. The van der Waals surface area contributed by atoms with Gasteiger partial charge in [-0.3, -0.25) is 0 Å². The molecule has 0 aliphatic carbocycles. The van der Waals surface area contributed by atoms with E-state index in [1.165, 1.54) is 22.5 Å². The van der Waals surface area contributed by atoms with Crippen LogP contribution in [0.15, 0.2) is 29.2 Å². The Labute approximate surface area is 131 Å². The second-order valence-electron chi connectivity index (χ2n) is 5.72. The van der Waals surface area contributed by atoms with Crippen molar-refractivity contribution in [3.8, 4) is 0 Å². The number of sulfonamides is 1. The van der Waals surface area contributed by atoms with E-state index in [-0.39, 0.29) is 10.9 Å². The lowest BCUT2D eigenvalue weighted by atomic mass is 10.1. The van der Waals surface area contributed by atoms with E-state index in [9.17, 15) is 12.8 Å². The van der Waals surface area contributed by atoms with Crippen LogP contribution in [0, 0.1) is 5.82 Å². The van der Waals surface area contributed by atoms with Gasteiger partial charge in [0.1, 0.15) is 5.82 Å². The molecule has 0 bridgehead atoms. The molecule has 5 nitrogen and oxygen atoms in total. The van der Waals surface area contributed by atoms with Crippen LogP contribution in [0.1, 0.15) is 12.8 Å². The van der Waals surface area contributed by atoms with Gasteiger partial charge in [0, 0.05) is 32.3 Å². The van der Waals surface area contributed by atoms with E-state index in [1.807, 2.05) is 19.0 Å². The first-order valence-corrected chi connectivity index (χ1v) is 8.85. The molecule has 0 aromatic heterocycles. The fourth-order valence-corrected chi connectivity index (χ4v) is 4.24. The molecular formula is C15H23FN2O3S. The number of nitrogens with zero attached hydrogens (tertiary/aromatic N) is 2. The Hall–Kier alpha value is -1.02. The average Bonchev–Trinajstić information content (AvgIpc) is 2.48. The minimum atomic E-state index is -3.71. The summed E-state index contributed by atoms with van der Waals surface area (Å²) in [6.07, 6.45) is 1.34. The second kappa shape index (κ2) is 7.50. The van der Waals surface area contributed by atoms with Gasteiger partial charge in [0.2, 0.25) is 10.0 Å². The van der Waals surface area contributed by atoms with Crippen molar-refractivity contribution < 1.29 is 17.5 Å². The van der Waals surface area contributed by atoms with Crippen LogP contribution >= 0.6 is 0 Å². The van der Waals surface area contributed by atoms with Crippen LogP contribution in [0.25, 0.3) is 0 Å². The lowest BCUT2D eigenvalue weighted by Crippen LogP contribution is -2.46. The molecule has 7 heteroatoms. The molecule has 1 aliphatic rings. The number of halogens is 1. The number of benzene rings is 1. The number of likely N-dealkylation sites (N-methyl/N-ethyl adjacent to an activating group) is 1. The van der Waals surface area contributed by atoms with Crippen molar-refractivity contribution in [1.82, 2.24) is 9.21 Å². The van der Waals surface area contributed by atoms with Gasteiger partial charge in [0.15, 0.2) is 0 Å². The third-order valence-corrected chi connectivity index (χ3v) is 5.72. The van der Waals surface area contributed by atoms with Crippen LogP contribution in [0.4, 0.5) is 4.39 Å². The van der Waals surface area contributed by atoms with E-state index in [4.69, 9.17) is 4.74 Å². The van der Waals surface area contributed by atoms with Crippen molar-refractivity contribution in [2.24, 2.45) is 0 Å². The van der Waals surface area contributed by atoms with Crippen molar-refractivity contribution >= 4 is 10.0 Å². The summed E-state index contributed by atoms with van der Waals surface area (Å²) >= 11 is 0. The van der Waals surface area contributed by atoms with Gasteiger partial charge in [-0.05, 0) is 45.1 Å². The highest BCUT2D eigenvalue weighted by Crippen LogP contribution is 2.23. The van der Waals surface area contributed by atoms with Crippen LogP contribution in [-0.4, -0.2) is 64.1 Å². The Morgan fingerprint density at radius 1 is 1.23 bits per heavy atom. The normalized spacial score (nSPS) is 17.3. The standard InChI is InChI=1S/C15H23FN2O3S/c1-17(2)8-9-18(14-6-10-21-11-7-14)22(19,20)15-5-3-4-13(16)12-15/h3-5,12,14H,6-11H2,1-2H3. The summed E-state index contributed by atoms with van der Waals surface area (Å²) in [5, 5.41) is 0. The molecule has 0 amide bonds. The number of hydrogen-bond acceptors (Lipinski definition) is 4. The predicted octanol–water partition coefficient (Wildman–Crippen LogP) is 1.56. The van der Waals surface area contributed by atoms with Crippen molar-refractivity contribution in [3.05, 3.63) is 30.1 Å². The minimum absolute atomic E-state index is 0.0118. The Kier molecular flexibility index (Phi) is 5.91. The van der Waals surface area contributed by atoms with E-state index in [2.05, 4.69) is 0 Å². The molecule has 1 aromatic carbocycles. The van der Waals surface area contributed by atoms with Gasteiger partial charge in [-0.1, -0.05) is 6.07 Å². The summed E-state index contributed by atoms with van der Waals surface area (Å²) in [4.78, 5) is 1.95. The van der Waals surface area contributed by atoms with Crippen LogP contribution in [0.2, 0.25) is 0 Å². The zero-order valence-corrected chi connectivity index (χ0v) is 13.9. The first kappa shape index (κ1) is 17.3. The van der Waals surface area contributed by atoms with Crippen molar-refractivity contribution in [3.63, 3.8) is 0 Å². The molecule has 0 unspecified atom stereocenters. The SMILES string of the molecule is CN(C)CCN(C1CCOCC1)S(=O)(=O)c1cccc(F)c1. The summed E-state index contributed by atoms with van der Waals surface area (Å²) in [6, 6.07) is 5.10. The molecule has 1 aromatic rings. The van der Waals surface area contributed by atoms with Crippen LogP contribution in [-0.2, 0) is 14.8 Å². The lowest BCUT2D eigenvalue weighted by Gasteiger charge is -2.34. The lowest BCUT2D eigenvalue weighted by molar-refractivity contribution is 0.0573. The van der Waals surface area contributed by atoms with Crippen molar-refractivity contribution in [2.75, 3.05) is 40.4 Å². The molecule has 1 heterocycles. The molecule has 1 saturated heterocycles. The monoisotopic (exact) mass is 330 g/mol. The smallest absolute Gasteiger partial charge is 0.243 e. The summed E-state index contributed by atoms with van der Waals surface area (Å²) in [7, 11) is 0.0918. The zero-order chi connectivity index (χ0) is 16.2. The molecule has 1 fully saturated rings. The summed E-state index contributed by atoms with van der Waals surface area (Å²) in [5.41, 5.74) is 0. The average molecular weight is 330 g/mol. The molecule has 0 saturated carbocycles. The van der Waals surface area contributed by atoms with E-state index >= 15 is 0 Å². The second-order valence-corrected chi connectivity index (χ2v) is 7.61. The Morgan fingerprint density at radius 3 is 2.50 bits per heavy atom. The topological polar surface area (TPSA) is 49.9 Å². The summed E-state index contributed by atoms with van der Waals surface area (Å²) in [5.74, 6) is -0.541. The Balaban J connectivity index is 2.29. The van der Waals surface area contributed by atoms with Gasteiger partial charge in [0.05, 0.1) is 4.90 Å². The molecule has 0 radical (unpaired) electrons. The number of hydrogen-bond donors (Lipinski definition) is 0. The van der Waals surface area contributed by atoms with Crippen molar-refractivity contribution in [2.45, 2.75) is 23.8 Å². The summed E-state index contributed by atoms with van der Waals surface area (Å²) in [6.45, 7) is 2.12. The number of rotatable bonds is 6. The van der Waals surface area contributed by atoms with Crippen molar-refractivity contribution in [1.29, 1.82) is 0 Å². The highest BCUT2D eigenvalue weighted by molar-refractivity contribution is 7.89. The van der Waals surface area contributed by atoms with Crippen LogP contribution in [0.5, 0.6) is 0 Å². The van der Waals surface area contributed by atoms with Gasteiger partial charge in [-0.15, -0.1) is 0 Å². The van der Waals surface area contributed by atoms with Gasteiger partial charge in [-0.25, -0.2) is 12.8 Å². The highest BCUT2D eigenvalue weighted by atomic mass is 32.2. The van der Waals surface area contributed by atoms with Gasteiger partial charge >= 0.3 is 0 Å². The Bertz CT molecular complexity index is 586. The maximum atomic E-state index is 13.4. The van der Waals surface area contributed by atoms with Gasteiger partial charge in [0.25, 0.3) is 0 Å². The van der Waals surface area contributed by atoms with E-state index in [0.29, 0.717) is 39.1 Å². The largest absolute Gasteiger partial charge is 0.381 e. The third kappa shape index (κ3) is 4.25. The van der Waals surface area contributed by atoms with Gasteiger partial charge in [-0.2, -0.15) is 4.31 Å². The predicted molar refractivity (Wildman–Crippen MR) is 82.7 cm³/mol. The van der Waals surface area contributed by atoms with E-state index in [1.54, 1.807) is 0 Å². The maximum Gasteiger partial charge on any atom is 0.243 e. The maximum absolute atomic E-state index is 13.4. The third-order valence-electron chi connectivity index (χ3n) is 3.77. The zero-order valence-electron chi connectivity index (χ0n) is 13.0. The first-order valence-electron chi connectivity index (χ1n) is 7.41. The molecule has 0 spiro atoms. The summed E-state index contributed by atoms with van der Waals surface area (Å²) < 4.78 is 46.0. The van der Waals surface area contributed by atoms with Crippen LogP contribution < -0.4 is 0 Å². The van der Waals surface area contributed by atoms with Gasteiger partial charge < -0.3 is 9.64 Å². The fourth-order valence-electron chi connectivity index (χ4n) is 2.53. The highest BCUT2D eigenvalue weighted by Gasteiger charge is 2.32. The first-order chi connectivity index (χ1) is 10.4. The van der Waals surface area contributed by atoms with E-state index in [0.717, 1.165) is 6.07 Å². The Morgan fingerprint density at radius 2 is 1.91 bits per heavy atom. The molecule has 0 atom stereocenters. The molecule has 2 rings (SSSR count). The molecule has 124 valence electrons. The fraction of sp³-hybridized carbons (Fsp3) is 0.600. The molecule has 1 aliphatic heterocycles. The number of ether oxygens (including phenoxy) is 1. The van der Waals surface area contributed by atoms with E-state index < -0.39 is 15.8 Å². The quantitative estimate of drug-likeness (QED) is 0.794.